The van der Waals surface area contributed by atoms with E-state index in [-0.39, 0.29) is 12.5 Å². The molecule has 0 heterocycles. The molecule has 0 unspecified atom stereocenters. The van der Waals surface area contributed by atoms with E-state index in [0.717, 1.165) is 11.3 Å². The van der Waals surface area contributed by atoms with Crippen molar-refractivity contribution in [3.05, 3.63) is 59.1 Å². The van der Waals surface area contributed by atoms with Gasteiger partial charge in [-0.1, -0.05) is 35.9 Å². The number of hydrogen-bond acceptors (Lipinski definition) is 4. The molecule has 2 aromatic carbocycles. The lowest BCUT2D eigenvalue weighted by Crippen LogP contribution is -2.24. The second kappa shape index (κ2) is 8.19. The first-order valence-electron chi connectivity index (χ1n) is 7.14. The summed E-state index contributed by atoms with van der Waals surface area (Å²) >= 11 is 5.98. The largest absolute Gasteiger partial charge is 0.378 e. The second-order valence-corrected chi connectivity index (χ2v) is 5.51. The summed E-state index contributed by atoms with van der Waals surface area (Å²) in [6.45, 7) is 0.0670. The second-order valence-electron chi connectivity index (χ2n) is 5.11. The van der Waals surface area contributed by atoms with Crippen LogP contribution in [-0.2, 0) is 4.79 Å². The van der Waals surface area contributed by atoms with Crippen LogP contribution in [0.2, 0.25) is 5.02 Å². The smallest absolute Gasteiger partial charge is 0.245 e. The first-order valence-corrected chi connectivity index (χ1v) is 7.52. The number of carbonyl (C=O) groups excluding carboxylic acids is 1. The number of nitrogens with one attached hydrogen (secondary N) is 2. The Morgan fingerprint density at radius 1 is 1.17 bits per heavy atom. The fourth-order valence-electron chi connectivity index (χ4n) is 1.85. The molecular formula is C17H19ClN4O. The van der Waals surface area contributed by atoms with Gasteiger partial charge in [0.15, 0.2) is 0 Å². The number of rotatable bonds is 6. The quantitative estimate of drug-likeness (QED) is 0.632. The predicted molar refractivity (Wildman–Crippen MR) is 96.4 cm³/mol. The van der Waals surface area contributed by atoms with Crippen molar-refractivity contribution in [2.45, 2.75) is 0 Å². The molecule has 0 aliphatic carbocycles. The summed E-state index contributed by atoms with van der Waals surface area (Å²) < 4.78 is 0. The van der Waals surface area contributed by atoms with Gasteiger partial charge in [0.05, 0.1) is 16.9 Å². The van der Waals surface area contributed by atoms with Crippen molar-refractivity contribution in [3.8, 4) is 0 Å². The molecule has 2 N–H and O–H groups in total. The van der Waals surface area contributed by atoms with Crippen molar-refractivity contribution in [1.82, 2.24) is 5.43 Å². The third kappa shape index (κ3) is 5.30. The fraction of sp³-hybridized carbons (Fsp3) is 0.176. The molecule has 0 saturated heterocycles. The van der Waals surface area contributed by atoms with Gasteiger partial charge >= 0.3 is 0 Å². The maximum atomic E-state index is 11.8. The van der Waals surface area contributed by atoms with E-state index in [2.05, 4.69) is 15.8 Å². The minimum Gasteiger partial charge on any atom is -0.378 e. The average Bonchev–Trinajstić information content (AvgIpc) is 2.54. The highest BCUT2D eigenvalue weighted by atomic mass is 35.5. The number of benzene rings is 2. The first kappa shape index (κ1) is 16.8. The maximum absolute atomic E-state index is 11.8. The summed E-state index contributed by atoms with van der Waals surface area (Å²) in [4.78, 5) is 13.8. The zero-order chi connectivity index (χ0) is 16.7. The lowest BCUT2D eigenvalue weighted by molar-refractivity contribution is -0.115. The van der Waals surface area contributed by atoms with Crippen LogP contribution in [0, 0.1) is 0 Å². The van der Waals surface area contributed by atoms with E-state index >= 15 is 0 Å². The molecule has 0 aliphatic heterocycles. The van der Waals surface area contributed by atoms with Crippen LogP contribution in [0.4, 0.5) is 11.4 Å². The Hall–Kier alpha value is -2.53. The normalized spacial score (nSPS) is 10.6. The zero-order valence-electron chi connectivity index (χ0n) is 13.1. The monoisotopic (exact) mass is 330 g/mol. The van der Waals surface area contributed by atoms with Gasteiger partial charge in [-0.05, 0) is 29.8 Å². The van der Waals surface area contributed by atoms with Gasteiger partial charge in [0.2, 0.25) is 5.91 Å². The lowest BCUT2D eigenvalue weighted by atomic mass is 10.2. The molecule has 0 fully saturated rings. The van der Waals surface area contributed by atoms with Crippen molar-refractivity contribution in [2.75, 3.05) is 30.9 Å². The molecule has 120 valence electrons. The summed E-state index contributed by atoms with van der Waals surface area (Å²) in [5.74, 6) is -0.210. The standard InChI is InChI=1S/C17H19ClN4O/c1-22(2)14-9-7-13(8-10-14)11-19-20-12-17(23)21-16-6-4-3-5-15(16)18/h3-11,20H,12H2,1-2H3,(H,21,23)/b19-11+. The number of halogens is 1. The van der Waals surface area contributed by atoms with Gasteiger partial charge in [0.1, 0.15) is 6.54 Å². The van der Waals surface area contributed by atoms with Crippen LogP contribution in [-0.4, -0.2) is 32.8 Å². The number of anilines is 2. The Morgan fingerprint density at radius 2 is 1.87 bits per heavy atom. The highest BCUT2D eigenvalue weighted by Gasteiger charge is 2.03. The number of carbonyl (C=O) groups is 1. The van der Waals surface area contributed by atoms with Crippen molar-refractivity contribution in [1.29, 1.82) is 0 Å². The predicted octanol–water partition coefficient (Wildman–Crippen LogP) is 2.97. The molecule has 6 heteroatoms. The number of amides is 1. The molecule has 0 saturated carbocycles. The molecule has 0 atom stereocenters. The molecule has 0 bridgehead atoms. The van der Waals surface area contributed by atoms with Gasteiger partial charge < -0.3 is 15.6 Å². The summed E-state index contributed by atoms with van der Waals surface area (Å²) in [7, 11) is 3.98. The van der Waals surface area contributed by atoms with Gasteiger partial charge in [0.25, 0.3) is 0 Å². The Morgan fingerprint density at radius 3 is 2.52 bits per heavy atom. The summed E-state index contributed by atoms with van der Waals surface area (Å²) in [5, 5.41) is 7.26. The Kier molecular flexibility index (Phi) is 6.00. The summed E-state index contributed by atoms with van der Waals surface area (Å²) in [5.41, 5.74) is 5.37. The minimum absolute atomic E-state index is 0.0670. The number of nitrogens with zero attached hydrogens (tertiary/aromatic N) is 2. The van der Waals surface area contributed by atoms with Crippen molar-refractivity contribution < 1.29 is 4.79 Å². The van der Waals surface area contributed by atoms with Crippen LogP contribution in [0.1, 0.15) is 5.56 Å². The Balaban J connectivity index is 1.80. The zero-order valence-corrected chi connectivity index (χ0v) is 13.8. The van der Waals surface area contributed by atoms with E-state index in [0.29, 0.717) is 10.7 Å². The molecule has 0 spiro atoms. The maximum Gasteiger partial charge on any atom is 0.245 e. The third-order valence-corrected chi connectivity index (χ3v) is 3.43. The minimum atomic E-state index is -0.210. The van der Waals surface area contributed by atoms with Gasteiger partial charge in [-0.2, -0.15) is 5.10 Å². The van der Waals surface area contributed by atoms with Gasteiger partial charge in [-0.15, -0.1) is 0 Å². The molecule has 2 aromatic rings. The van der Waals surface area contributed by atoms with Crippen LogP contribution in [0.25, 0.3) is 0 Å². The highest BCUT2D eigenvalue weighted by Crippen LogP contribution is 2.19. The van der Waals surface area contributed by atoms with E-state index < -0.39 is 0 Å². The Bertz CT molecular complexity index is 683. The summed E-state index contributed by atoms with van der Waals surface area (Å²) in [6, 6.07) is 15.0. The highest BCUT2D eigenvalue weighted by molar-refractivity contribution is 6.33. The molecule has 0 radical (unpaired) electrons. The van der Waals surface area contributed by atoms with Gasteiger partial charge in [0, 0.05) is 19.8 Å². The molecule has 23 heavy (non-hydrogen) atoms. The Labute approximate surface area is 141 Å². The molecule has 1 amide bonds. The van der Waals surface area contributed by atoms with Crippen LogP contribution >= 0.6 is 11.6 Å². The average molecular weight is 331 g/mol. The molecule has 0 aliphatic rings. The molecular weight excluding hydrogens is 312 g/mol. The summed E-state index contributed by atoms with van der Waals surface area (Å²) in [6.07, 6.45) is 1.67. The first-order chi connectivity index (χ1) is 11.1. The van der Waals surface area contributed by atoms with E-state index in [4.69, 9.17) is 11.6 Å². The van der Waals surface area contributed by atoms with Crippen LogP contribution in [0.5, 0.6) is 0 Å². The number of hydrazone groups is 1. The van der Waals surface area contributed by atoms with Crippen molar-refractivity contribution in [2.24, 2.45) is 5.10 Å². The van der Waals surface area contributed by atoms with Gasteiger partial charge in [-0.3, -0.25) is 4.79 Å². The van der Waals surface area contributed by atoms with E-state index in [9.17, 15) is 4.79 Å². The van der Waals surface area contributed by atoms with Crippen molar-refractivity contribution in [3.63, 3.8) is 0 Å². The SMILES string of the molecule is CN(C)c1ccc(/C=N/NCC(=O)Nc2ccccc2Cl)cc1. The van der Waals surface area contributed by atoms with E-state index in [1.165, 1.54) is 0 Å². The lowest BCUT2D eigenvalue weighted by Gasteiger charge is -2.11. The molecule has 5 nitrogen and oxygen atoms in total. The number of para-hydroxylation sites is 1. The van der Waals surface area contributed by atoms with E-state index in [1.807, 2.05) is 55.4 Å². The fourth-order valence-corrected chi connectivity index (χ4v) is 2.04. The molecule has 0 aromatic heterocycles. The number of hydrogen-bond donors (Lipinski definition) is 2. The topological polar surface area (TPSA) is 56.7 Å². The molecule has 2 rings (SSSR count). The van der Waals surface area contributed by atoms with Crippen LogP contribution < -0.4 is 15.6 Å². The van der Waals surface area contributed by atoms with Gasteiger partial charge in [-0.25, -0.2) is 0 Å². The third-order valence-electron chi connectivity index (χ3n) is 3.10. The van der Waals surface area contributed by atoms with Crippen LogP contribution in [0.3, 0.4) is 0 Å². The van der Waals surface area contributed by atoms with Crippen molar-refractivity contribution >= 4 is 35.1 Å². The van der Waals surface area contributed by atoms with E-state index in [1.54, 1.807) is 18.3 Å². The van der Waals surface area contributed by atoms with Crippen LogP contribution in [0.15, 0.2) is 53.6 Å².